The molecular weight excluding hydrogens is 230 g/mol. The zero-order valence-electron chi connectivity index (χ0n) is 8.29. The molecule has 0 aliphatic carbocycles. The average Bonchev–Trinajstić information content (AvgIpc) is 2.16. The second kappa shape index (κ2) is 3.83. The van der Waals surface area contributed by atoms with Crippen molar-refractivity contribution in [3.63, 3.8) is 0 Å². The third-order valence-corrected chi connectivity index (χ3v) is 3.88. The van der Waals surface area contributed by atoms with Gasteiger partial charge >= 0.3 is 4.87 Å². The van der Waals surface area contributed by atoms with Crippen molar-refractivity contribution in [2.75, 3.05) is 6.26 Å². The normalized spacial score (nSPS) is 10.8. The van der Waals surface area contributed by atoms with E-state index in [9.17, 15) is 9.59 Å². The number of nitrogens with one attached hydrogen (secondary N) is 1. The van der Waals surface area contributed by atoms with E-state index >= 15 is 0 Å². The molecule has 15 heavy (non-hydrogen) atoms. The van der Waals surface area contributed by atoms with E-state index in [1.54, 1.807) is 11.8 Å². The largest absolute Gasteiger partial charge is 0.307 e. The van der Waals surface area contributed by atoms with Crippen molar-refractivity contribution in [1.29, 1.82) is 0 Å². The summed E-state index contributed by atoms with van der Waals surface area (Å²) >= 11 is 2.67. The van der Waals surface area contributed by atoms with Gasteiger partial charge < -0.3 is 0 Å². The van der Waals surface area contributed by atoms with Crippen LogP contribution in [0.4, 0.5) is 0 Å². The minimum atomic E-state index is -0.302. The Morgan fingerprint density at radius 1 is 1.33 bits per heavy atom. The summed E-state index contributed by atoms with van der Waals surface area (Å²) in [4.78, 5) is 25.7. The molecule has 0 spiro atoms. The van der Waals surface area contributed by atoms with Gasteiger partial charge in [0.1, 0.15) is 0 Å². The van der Waals surface area contributed by atoms with Crippen LogP contribution < -0.4 is 10.4 Å². The van der Waals surface area contributed by atoms with Crippen LogP contribution in [0.3, 0.4) is 0 Å². The van der Waals surface area contributed by atoms with Crippen LogP contribution in [0.25, 0.3) is 10.1 Å². The molecular formula is C10H9NO2S2. The molecule has 2 aromatic rings. The summed E-state index contributed by atoms with van der Waals surface area (Å²) in [5.74, 6) is 0. The lowest BCUT2D eigenvalue weighted by atomic mass is 10.2. The third kappa shape index (κ3) is 1.85. The Bertz CT molecular complexity index is 627. The van der Waals surface area contributed by atoms with Crippen molar-refractivity contribution >= 4 is 33.2 Å². The molecule has 0 bridgehead atoms. The summed E-state index contributed by atoms with van der Waals surface area (Å²) in [5.41, 5.74) is 0.792. The molecule has 78 valence electrons. The lowest BCUT2D eigenvalue weighted by molar-refractivity contribution is 1.24. The van der Waals surface area contributed by atoms with E-state index < -0.39 is 0 Å². The zero-order chi connectivity index (χ0) is 11.0. The summed E-state index contributed by atoms with van der Waals surface area (Å²) in [5, 5.41) is 0.592. The van der Waals surface area contributed by atoms with E-state index in [0.717, 1.165) is 26.5 Å². The maximum absolute atomic E-state index is 11.5. The first kappa shape index (κ1) is 10.4. The molecule has 0 unspecified atom stereocenters. The summed E-state index contributed by atoms with van der Waals surface area (Å²) in [7, 11) is 0. The smallest absolute Gasteiger partial charge is 0.280 e. The molecule has 2 rings (SSSR count). The van der Waals surface area contributed by atoms with Crippen molar-refractivity contribution in [3.8, 4) is 0 Å². The van der Waals surface area contributed by atoms with Gasteiger partial charge in [-0.15, -0.1) is 11.8 Å². The Labute approximate surface area is 94.2 Å². The molecule has 1 aromatic heterocycles. The van der Waals surface area contributed by atoms with Crippen LogP contribution in [0.2, 0.25) is 0 Å². The van der Waals surface area contributed by atoms with E-state index in [2.05, 4.69) is 4.98 Å². The van der Waals surface area contributed by atoms with Crippen LogP contribution >= 0.6 is 23.1 Å². The van der Waals surface area contributed by atoms with Gasteiger partial charge in [-0.2, -0.15) is 0 Å². The minimum Gasteiger partial charge on any atom is -0.280 e. The first-order valence-corrected chi connectivity index (χ1v) is 6.37. The molecule has 0 saturated carbocycles. The number of fused-ring (bicyclic) bond motifs is 1. The summed E-state index contributed by atoms with van der Waals surface area (Å²) in [6.07, 6.45) is 1.97. The number of aryl methyl sites for hydroxylation is 1. The summed E-state index contributed by atoms with van der Waals surface area (Å²) in [6.45, 7) is 1.98. The van der Waals surface area contributed by atoms with E-state index in [4.69, 9.17) is 0 Å². The van der Waals surface area contributed by atoms with Crippen molar-refractivity contribution in [3.05, 3.63) is 37.7 Å². The maximum atomic E-state index is 11.5. The molecule has 0 aliphatic rings. The van der Waals surface area contributed by atoms with Crippen LogP contribution in [0.5, 0.6) is 0 Å². The highest BCUT2D eigenvalue weighted by Gasteiger charge is 2.05. The number of thioether (sulfide) groups is 1. The second-order valence-electron chi connectivity index (χ2n) is 3.16. The number of aromatic nitrogens is 1. The average molecular weight is 239 g/mol. The fourth-order valence-corrected chi connectivity index (χ4v) is 2.89. The number of H-pyrrole nitrogens is 1. The molecule has 0 fully saturated rings. The van der Waals surface area contributed by atoms with Crippen LogP contribution in [-0.4, -0.2) is 11.2 Å². The first-order chi connectivity index (χ1) is 7.11. The SMILES string of the molecule is CSc1cc2c(=O)[nH]c(=O)sc2cc1C. The molecule has 5 heteroatoms. The van der Waals surface area contributed by atoms with Gasteiger partial charge in [-0.3, -0.25) is 14.6 Å². The Morgan fingerprint density at radius 3 is 2.73 bits per heavy atom. The van der Waals surface area contributed by atoms with Gasteiger partial charge in [-0.25, -0.2) is 0 Å². The van der Waals surface area contributed by atoms with Crippen LogP contribution in [0, 0.1) is 6.92 Å². The van der Waals surface area contributed by atoms with E-state index in [1.165, 1.54) is 0 Å². The van der Waals surface area contributed by atoms with Crippen LogP contribution in [0.1, 0.15) is 5.56 Å². The van der Waals surface area contributed by atoms with Crippen LogP contribution in [-0.2, 0) is 0 Å². The maximum Gasteiger partial charge on any atom is 0.307 e. The molecule has 0 atom stereocenters. The fourth-order valence-electron chi connectivity index (χ4n) is 1.43. The molecule has 1 aromatic carbocycles. The molecule has 1 heterocycles. The zero-order valence-corrected chi connectivity index (χ0v) is 9.92. The molecule has 0 aliphatic heterocycles. The number of hydrogen-bond acceptors (Lipinski definition) is 4. The Hall–Kier alpha value is -1.07. The van der Waals surface area contributed by atoms with E-state index in [-0.39, 0.29) is 10.4 Å². The number of aromatic amines is 1. The van der Waals surface area contributed by atoms with Crippen molar-refractivity contribution in [2.24, 2.45) is 0 Å². The fraction of sp³-hybridized carbons (Fsp3) is 0.200. The number of benzene rings is 1. The first-order valence-electron chi connectivity index (χ1n) is 4.33. The lowest BCUT2D eigenvalue weighted by Crippen LogP contribution is -2.15. The number of hydrogen-bond donors (Lipinski definition) is 1. The van der Waals surface area contributed by atoms with Gasteiger partial charge in [-0.1, -0.05) is 11.3 Å². The van der Waals surface area contributed by atoms with E-state index in [0.29, 0.717) is 5.39 Å². The number of rotatable bonds is 1. The molecule has 0 radical (unpaired) electrons. The van der Waals surface area contributed by atoms with Crippen molar-refractivity contribution < 1.29 is 0 Å². The van der Waals surface area contributed by atoms with Gasteiger partial charge in [0.2, 0.25) is 0 Å². The minimum absolute atomic E-state index is 0.302. The quantitative estimate of drug-likeness (QED) is 0.774. The van der Waals surface area contributed by atoms with Gasteiger partial charge in [0, 0.05) is 9.60 Å². The Kier molecular flexibility index (Phi) is 2.67. The van der Waals surface area contributed by atoms with Crippen LogP contribution in [0.15, 0.2) is 26.6 Å². The lowest BCUT2D eigenvalue weighted by Gasteiger charge is -2.03. The van der Waals surface area contributed by atoms with Gasteiger partial charge in [0.05, 0.1) is 5.39 Å². The molecule has 3 nitrogen and oxygen atoms in total. The highest BCUT2D eigenvalue weighted by Crippen LogP contribution is 2.24. The van der Waals surface area contributed by atoms with Gasteiger partial charge in [-0.05, 0) is 30.9 Å². The molecule has 0 saturated heterocycles. The van der Waals surface area contributed by atoms with E-state index in [1.807, 2.05) is 25.3 Å². The second-order valence-corrected chi connectivity index (χ2v) is 5.02. The Morgan fingerprint density at radius 2 is 2.07 bits per heavy atom. The van der Waals surface area contributed by atoms with Gasteiger partial charge in [0.25, 0.3) is 5.56 Å². The monoisotopic (exact) mass is 239 g/mol. The Balaban J connectivity index is 2.94. The third-order valence-electron chi connectivity index (χ3n) is 2.16. The van der Waals surface area contributed by atoms with Crippen molar-refractivity contribution in [1.82, 2.24) is 4.98 Å². The molecule has 1 N–H and O–H groups in total. The topological polar surface area (TPSA) is 49.9 Å². The molecule has 0 amide bonds. The predicted molar refractivity (Wildman–Crippen MR) is 65.2 cm³/mol. The summed E-state index contributed by atoms with van der Waals surface area (Å²) < 4.78 is 0.749. The standard InChI is InChI=1S/C10H9NO2S2/c1-5-3-8-6(4-7(5)14-2)9(12)11-10(13)15-8/h3-4H,1-2H3,(H,11,12,13). The van der Waals surface area contributed by atoms with Gasteiger partial charge in [0.15, 0.2) is 0 Å². The predicted octanol–water partition coefficient (Wildman–Crippen LogP) is 1.98. The van der Waals surface area contributed by atoms with Crippen molar-refractivity contribution in [2.45, 2.75) is 11.8 Å². The highest BCUT2D eigenvalue weighted by atomic mass is 32.2. The summed E-state index contributed by atoms with van der Waals surface area (Å²) in [6, 6.07) is 3.73. The highest BCUT2D eigenvalue weighted by molar-refractivity contribution is 7.98.